The molecule has 0 aliphatic rings. The number of nitrogens with zero attached hydrogens (tertiary/aromatic N) is 2. The van der Waals surface area contributed by atoms with Gasteiger partial charge in [-0.15, -0.1) is 0 Å². The molecule has 0 saturated carbocycles. The molecule has 0 aliphatic carbocycles. The van der Waals surface area contributed by atoms with Gasteiger partial charge in [-0.25, -0.2) is 4.98 Å². The van der Waals surface area contributed by atoms with Gasteiger partial charge in [-0.3, -0.25) is 0 Å². The third kappa shape index (κ3) is 3.05. The summed E-state index contributed by atoms with van der Waals surface area (Å²) in [5, 5.41) is 12.1. The maximum atomic E-state index is 8.88. The lowest BCUT2D eigenvalue weighted by molar-refractivity contribution is 1.01. The van der Waals surface area contributed by atoms with E-state index in [-0.39, 0.29) is 0 Å². The Balaban J connectivity index is 1.93. The molecule has 3 nitrogen and oxygen atoms in total. The van der Waals surface area contributed by atoms with Crippen molar-refractivity contribution in [3.8, 4) is 6.07 Å². The first-order chi connectivity index (χ1) is 8.40. The van der Waals surface area contributed by atoms with E-state index in [1.54, 1.807) is 6.20 Å². The molecule has 1 aromatic heterocycles. The molecular weight excluding hydrogens is 210 g/mol. The van der Waals surface area contributed by atoms with Crippen LogP contribution in [0.1, 0.15) is 11.3 Å². The molecule has 1 N–H and O–H groups in total. The summed E-state index contributed by atoms with van der Waals surface area (Å²) >= 11 is 0. The predicted molar refractivity (Wildman–Crippen MR) is 67.6 cm³/mol. The number of aromatic nitrogens is 1. The average molecular weight is 223 g/mol. The van der Waals surface area contributed by atoms with Gasteiger partial charge in [-0.05, 0) is 24.1 Å². The van der Waals surface area contributed by atoms with Gasteiger partial charge in [0.25, 0.3) is 0 Å². The van der Waals surface area contributed by atoms with Gasteiger partial charge in [0.05, 0.1) is 5.69 Å². The maximum absolute atomic E-state index is 8.88. The normalized spacial score (nSPS) is 9.59. The Morgan fingerprint density at radius 3 is 2.71 bits per heavy atom. The van der Waals surface area contributed by atoms with Gasteiger partial charge in [0.2, 0.25) is 0 Å². The molecule has 0 atom stereocenters. The van der Waals surface area contributed by atoms with Crippen LogP contribution in [0.2, 0.25) is 0 Å². The molecule has 0 spiro atoms. The molecule has 2 rings (SSSR count). The minimum Gasteiger partial charge on any atom is -0.382 e. The quantitative estimate of drug-likeness (QED) is 0.866. The summed E-state index contributed by atoms with van der Waals surface area (Å²) < 4.78 is 0. The molecule has 84 valence electrons. The molecule has 3 heteroatoms. The van der Waals surface area contributed by atoms with Gasteiger partial charge in [-0.2, -0.15) is 5.26 Å². The number of benzene rings is 1. The van der Waals surface area contributed by atoms with Crippen molar-refractivity contribution < 1.29 is 0 Å². The second-order valence-electron chi connectivity index (χ2n) is 3.67. The molecule has 0 aliphatic heterocycles. The van der Waals surface area contributed by atoms with Crippen molar-refractivity contribution in [2.75, 3.05) is 11.9 Å². The zero-order chi connectivity index (χ0) is 11.9. The summed E-state index contributed by atoms with van der Waals surface area (Å²) in [5.74, 6) is 0. The molecule has 0 amide bonds. The van der Waals surface area contributed by atoms with E-state index in [0.29, 0.717) is 5.69 Å². The minimum absolute atomic E-state index is 0.445. The van der Waals surface area contributed by atoms with E-state index >= 15 is 0 Å². The average Bonchev–Trinajstić information content (AvgIpc) is 2.40. The Labute approximate surface area is 101 Å². The predicted octanol–water partition coefficient (Wildman–Crippen LogP) is 2.61. The summed E-state index contributed by atoms with van der Waals surface area (Å²) in [6.07, 6.45) is 2.56. The van der Waals surface area contributed by atoms with Crippen molar-refractivity contribution in [2.45, 2.75) is 6.42 Å². The second kappa shape index (κ2) is 5.66. The smallest absolute Gasteiger partial charge is 0.163 e. The third-order valence-corrected chi connectivity index (χ3v) is 2.49. The fourth-order valence-electron chi connectivity index (χ4n) is 1.62. The number of nitrogens with one attached hydrogen (secondary N) is 1. The van der Waals surface area contributed by atoms with E-state index in [1.807, 2.05) is 30.3 Å². The molecule has 1 heterocycles. The van der Waals surface area contributed by atoms with Gasteiger partial charge in [-0.1, -0.05) is 30.3 Å². The van der Waals surface area contributed by atoms with E-state index in [0.717, 1.165) is 18.7 Å². The van der Waals surface area contributed by atoms with Gasteiger partial charge in [0.1, 0.15) is 6.07 Å². The van der Waals surface area contributed by atoms with Crippen LogP contribution in [-0.4, -0.2) is 11.5 Å². The van der Waals surface area contributed by atoms with Crippen molar-refractivity contribution in [1.82, 2.24) is 4.98 Å². The summed E-state index contributed by atoms with van der Waals surface area (Å²) in [6, 6.07) is 16.0. The fraction of sp³-hybridized carbons (Fsp3) is 0.143. The summed E-state index contributed by atoms with van der Waals surface area (Å²) in [6.45, 7) is 0.796. The standard InChI is InChI=1S/C14H13N3/c15-11-14-13(7-4-9-16-14)17-10-8-12-5-2-1-3-6-12/h1-7,9,17H,8,10H2. The summed E-state index contributed by atoms with van der Waals surface area (Å²) in [7, 11) is 0. The van der Waals surface area contributed by atoms with Crippen LogP contribution in [0.4, 0.5) is 5.69 Å². The van der Waals surface area contributed by atoms with E-state index in [2.05, 4.69) is 28.5 Å². The minimum atomic E-state index is 0.445. The Hall–Kier alpha value is -2.34. The molecule has 2 aromatic rings. The van der Waals surface area contributed by atoms with Crippen LogP contribution >= 0.6 is 0 Å². The van der Waals surface area contributed by atoms with E-state index in [1.165, 1.54) is 5.56 Å². The number of nitriles is 1. The van der Waals surface area contributed by atoms with Crippen molar-refractivity contribution in [1.29, 1.82) is 5.26 Å². The Morgan fingerprint density at radius 1 is 1.12 bits per heavy atom. The molecule has 17 heavy (non-hydrogen) atoms. The monoisotopic (exact) mass is 223 g/mol. The molecule has 0 fully saturated rings. The highest BCUT2D eigenvalue weighted by Crippen LogP contribution is 2.10. The van der Waals surface area contributed by atoms with Crippen LogP contribution in [0.25, 0.3) is 0 Å². The van der Waals surface area contributed by atoms with Gasteiger partial charge in [0.15, 0.2) is 5.69 Å². The van der Waals surface area contributed by atoms with Crippen molar-refractivity contribution in [2.24, 2.45) is 0 Å². The van der Waals surface area contributed by atoms with Crippen LogP contribution in [0, 0.1) is 11.3 Å². The van der Waals surface area contributed by atoms with Crippen LogP contribution in [0.15, 0.2) is 48.7 Å². The number of hydrogen-bond donors (Lipinski definition) is 1. The van der Waals surface area contributed by atoms with Crippen LogP contribution in [0.3, 0.4) is 0 Å². The molecule has 0 radical (unpaired) electrons. The lowest BCUT2D eigenvalue weighted by atomic mass is 10.1. The molecular formula is C14H13N3. The van der Waals surface area contributed by atoms with Crippen molar-refractivity contribution in [3.05, 3.63) is 59.9 Å². The lowest BCUT2D eigenvalue weighted by Crippen LogP contribution is -2.06. The van der Waals surface area contributed by atoms with Crippen LogP contribution < -0.4 is 5.32 Å². The molecule has 0 unspecified atom stereocenters. The number of hydrogen-bond acceptors (Lipinski definition) is 3. The highest BCUT2D eigenvalue weighted by atomic mass is 14.9. The van der Waals surface area contributed by atoms with Crippen LogP contribution in [0.5, 0.6) is 0 Å². The fourth-order valence-corrected chi connectivity index (χ4v) is 1.62. The number of pyridine rings is 1. The first-order valence-electron chi connectivity index (χ1n) is 5.53. The largest absolute Gasteiger partial charge is 0.382 e. The first-order valence-corrected chi connectivity index (χ1v) is 5.53. The maximum Gasteiger partial charge on any atom is 0.163 e. The molecule has 1 aromatic carbocycles. The summed E-state index contributed by atoms with van der Waals surface area (Å²) in [5.41, 5.74) is 2.52. The Kier molecular flexibility index (Phi) is 3.72. The van der Waals surface area contributed by atoms with Crippen LogP contribution in [-0.2, 0) is 6.42 Å². The van der Waals surface area contributed by atoms with E-state index in [4.69, 9.17) is 5.26 Å². The molecule has 0 bridgehead atoms. The van der Waals surface area contributed by atoms with Crippen molar-refractivity contribution >= 4 is 5.69 Å². The Morgan fingerprint density at radius 2 is 1.94 bits per heavy atom. The second-order valence-corrected chi connectivity index (χ2v) is 3.67. The molecule has 0 saturated heterocycles. The SMILES string of the molecule is N#Cc1ncccc1NCCc1ccccc1. The zero-order valence-electron chi connectivity index (χ0n) is 9.43. The first kappa shape index (κ1) is 11.2. The van der Waals surface area contributed by atoms with Crippen molar-refractivity contribution in [3.63, 3.8) is 0 Å². The highest BCUT2D eigenvalue weighted by Gasteiger charge is 2.00. The van der Waals surface area contributed by atoms with Gasteiger partial charge >= 0.3 is 0 Å². The third-order valence-electron chi connectivity index (χ3n) is 2.49. The Bertz CT molecular complexity index is 514. The number of anilines is 1. The zero-order valence-corrected chi connectivity index (χ0v) is 9.43. The van der Waals surface area contributed by atoms with Gasteiger partial charge in [0, 0.05) is 12.7 Å². The number of rotatable bonds is 4. The van der Waals surface area contributed by atoms with E-state index < -0.39 is 0 Å². The topological polar surface area (TPSA) is 48.7 Å². The highest BCUT2D eigenvalue weighted by molar-refractivity contribution is 5.53. The van der Waals surface area contributed by atoms with Gasteiger partial charge < -0.3 is 5.32 Å². The lowest BCUT2D eigenvalue weighted by Gasteiger charge is -2.07. The summed E-state index contributed by atoms with van der Waals surface area (Å²) in [4.78, 5) is 4.00. The van der Waals surface area contributed by atoms with E-state index in [9.17, 15) is 0 Å².